The molecule has 0 bridgehead atoms. The lowest BCUT2D eigenvalue weighted by Gasteiger charge is -2.36. The molecular weight excluding hydrogens is 340 g/mol. The van der Waals surface area contributed by atoms with Gasteiger partial charge in [0.2, 0.25) is 0 Å². The fourth-order valence-corrected chi connectivity index (χ4v) is 3.97. The number of nitrogens with zero attached hydrogens (tertiary/aromatic N) is 3. The van der Waals surface area contributed by atoms with Crippen molar-refractivity contribution in [3.05, 3.63) is 72.2 Å². The topological polar surface area (TPSA) is 86.9 Å². The molecule has 0 unspecified atom stereocenters. The first kappa shape index (κ1) is 15.8. The van der Waals surface area contributed by atoms with E-state index in [1.807, 2.05) is 54.9 Å². The fraction of sp³-hybridized carbons (Fsp3) is 0.190. The summed E-state index contributed by atoms with van der Waals surface area (Å²) in [5.74, 6) is 0.274. The van der Waals surface area contributed by atoms with Gasteiger partial charge in [-0.15, -0.1) is 0 Å². The van der Waals surface area contributed by atoms with E-state index in [9.17, 15) is 4.79 Å². The average molecular weight is 358 g/mol. The van der Waals surface area contributed by atoms with Crippen LogP contribution in [0.15, 0.2) is 65.4 Å². The Morgan fingerprint density at radius 2 is 1.81 bits per heavy atom. The first-order valence-corrected chi connectivity index (χ1v) is 8.98. The minimum atomic E-state index is -0.549. The summed E-state index contributed by atoms with van der Waals surface area (Å²) in [7, 11) is 0. The molecule has 4 aromatic rings. The Bertz CT molecular complexity index is 1120. The van der Waals surface area contributed by atoms with Gasteiger partial charge in [0.05, 0.1) is 17.4 Å². The third kappa shape index (κ3) is 2.52. The molecule has 0 saturated heterocycles. The van der Waals surface area contributed by atoms with E-state index in [1.54, 1.807) is 0 Å². The van der Waals surface area contributed by atoms with Crippen molar-refractivity contribution in [2.45, 2.75) is 24.8 Å². The highest BCUT2D eigenvalue weighted by Crippen LogP contribution is 2.49. The molecule has 5 rings (SSSR count). The normalized spacial score (nSPS) is 19.1. The maximum absolute atomic E-state index is 11.9. The summed E-state index contributed by atoms with van der Waals surface area (Å²) in [6.45, 7) is 0. The highest BCUT2D eigenvalue weighted by atomic mass is 16.5. The second-order valence-corrected chi connectivity index (χ2v) is 6.97. The van der Waals surface area contributed by atoms with Crippen molar-refractivity contribution >= 4 is 16.9 Å². The molecule has 27 heavy (non-hydrogen) atoms. The number of aromatic nitrogens is 3. The van der Waals surface area contributed by atoms with Gasteiger partial charge in [-0.3, -0.25) is 4.79 Å². The van der Waals surface area contributed by atoms with Crippen LogP contribution in [0.2, 0.25) is 0 Å². The maximum atomic E-state index is 11.9. The van der Waals surface area contributed by atoms with Crippen LogP contribution in [0.25, 0.3) is 22.4 Å². The third-order valence-electron chi connectivity index (χ3n) is 5.39. The van der Waals surface area contributed by atoms with Gasteiger partial charge in [-0.2, -0.15) is 0 Å². The number of hydrogen-bond donors (Lipinski definition) is 1. The van der Waals surface area contributed by atoms with Crippen molar-refractivity contribution in [1.29, 1.82) is 0 Å². The number of imidazole rings is 1. The summed E-state index contributed by atoms with van der Waals surface area (Å²) in [6.07, 6.45) is 3.68. The predicted molar refractivity (Wildman–Crippen MR) is 101 cm³/mol. The zero-order valence-electron chi connectivity index (χ0n) is 14.6. The van der Waals surface area contributed by atoms with Crippen LogP contribution in [0.1, 0.15) is 40.9 Å². The van der Waals surface area contributed by atoms with Crippen LogP contribution < -0.4 is 5.73 Å². The third-order valence-corrected chi connectivity index (χ3v) is 5.39. The van der Waals surface area contributed by atoms with Crippen molar-refractivity contribution < 1.29 is 9.32 Å². The Morgan fingerprint density at radius 3 is 2.59 bits per heavy atom. The van der Waals surface area contributed by atoms with Gasteiger partial charge in [-0.05, 0) is 30.9 Å². The van der Waals surface area contributed by atoms with Crippen molar-refractivity contribution in [1.82, 2.24) is 14.7 Å². The van der Waals surface area contributed by atoms with Gasteiger partial charge in [0.25, 0.3) is 5.91 Å². The highest BCUT2D eigenvalue weighted by Gasteiger charge is 2.38. The number of rotatable bonds is 4. The SMILES string of the molecule is NC(=O)c1noc(-c2ccccc2)c1C1CC(n2cnc3ccccc32)C1. The molecule has 2 heterocycles. The van der Waals surface area contributed by atoms with Gasteiger partial charge in [-0.25, -0.2) is 4.98 Å². The largest absolute Gasteiger partial charge is 0.364 e. The molecule has 2 aromatic carbocycles. The lowest BCUT2D eigenvalue weighted by Crippen LogP contribution is -2.27. The summed E-state index contributed by atoms with van der Waals surface area (Å²) in [4.78, 5) is 16.4. The fourth-order valence-electron chi connectivity index (χ4n) is 3.97. The number of carbonyl (C=O) groups excluding carboxylic acids is 1. The molecule has 0 radical (unpaired) electrons. The van der Waals surface area contributed by atoms with E-state index in [4.69, 9.17) is 10.3 Å². The van der Waals surface area contributed by atoms with Crippen LogP contribution in [-0.2, 0) is 0 Å². The number of benzene rings is 2. The Balaban J connectivity index is 1.48. The first-order chi connectivity index (χ1) is 13.2. The number of nitrogens with two attached hydrogens (primary N) is 1. The summed E-state index contributed by atoms with van der Waals surface area (Å²) >= 11 is 0. The summed E-state index contributed by atoms with van der Waals surface area (Å²) in [6, 6.07) is 18.2. The van der Waals surface area contributed by atoms with Crippen LogP contribution in [0, 0.1) is 0 Å². The van der Waals surface area contributed by atoms with Crippen LogP contribution in [0.4, 0.5) is 0 Å². The number of hydrogen-bond acceptors (Lipinski definition) is 4. The molecule has 0 spiro atoms. The number of amides is 1. The van der Waals surface area contributed by atoms with Crippen LogP contribution >= 0.6 is 0 Å². The van der Waals surface area contributed by atoms with E-state index in [0.29, 0.717) is 11.8 Å². The molecule has 1 fully saturated rings. The Kier molecular flexibility index (Phi) is 3.57. The molecule has 1 amide bonds. The molecule has 0 atom stereocenters. The monoisotopic (exact) mass is 358 g/mol. The average Bonchev–Trinajstić information content (AvgIpc) is 3.27. The minimum Gasteiger partial charge on any atom is -0.364 e. The number of carbonyl (C=O) groups is 1. The Hall–Kier alpha value is -3.41. The van der Waals surface area contributed by atoms with Gasteiger partial charge in [0, 0.05) is 17.2 Å². The smallest absolute Gasteiger partial charge is 0.271 e. The highest BCUT2D eigenvalue weighted by molar-refractivity contribution is 5.94. The summed E-state index contributed by atoms with van der Waals surface area (Å²) in [5, 5.41) is 3.96. The van der Waals surface area contributed by atoms with Crippen molar-refractivity contribution in [2.24, 2.45) is 5.73 Å². The van der Waals surface area contributed by atoms with Gasteiger partial charge in [0.1, 0.15) is 0 Å². The molecule has 6 nitrogen and oxygen atoms in total. The maximum Gasteiger partial charge on any atom is 0.271 e. The lowest BCUT2D eigenvalue weighted by molar-refractivity contribution is 0.0989. The summed E-state index contributed by atoms with van der Waals surface area (Å²) < 4.78 is 7.74. The van der Waals surface area contributed by atoms with Crippen LogP contribution in [0.5, 0.6) is 0 Å². The molecule has 1 saturated carbocycles. The van der Waals surface area contributed by atoms with E-state index >= 15 is 0 Å². The van der Waals surface area contributed by atoms with Gasteiger partial charge < -0.3 is 14.8 Å². The van der Waals surface area contributed by atoms with Crippen LogP contribution in [0.3, 0.4) is 0 Å². The Labute approximate surface area is 155 Å². The molecule has 1 aliphatic rings. The van der Waals surface area contributed by atoms with Gasteiger partial charge in [0.15, 0.2) is 11.5 Å². The Morgan fingerprint density at radius 1 is 1.07 bits per heavy atom. The molecule has 1 aliphatic carbocycles. The van der Waals surface area contributed by atoms with Crippen molar-refractivity contribution in [3.63, 3.8) is 0 Å². The van der Waals surface area contributed by atoms with E-state index in [0.717, 1.165) is 35.0 Å². The van der Waals surface area contributed by atoms with Crippen molar-refractivity contribution in [3.8, 4) is 11.3 Å². The van der Waals surface area contributed by atoms with Gasteiger partial charge in [-0.1, -0.05) is 47.6 Å². The van der Waals surface area contributed by atoms with E-state index in [1.165, 1.54) is 0 Å². The molecule has 134 valence electrons. The second kappa shape index (κ2) is 6.09. The predicted octanol–water partition coefficient (Wildman–Crippen LogP) is 3.91. The number of primary amides is 1. The van der Waals surface area contributed by atoms with E-state index < -0.39 is 5.91 Å². The first-order valence-electron chi connectivity index (χ1n) is 8.98. The lowest BCUT2D eigenvalue weighted by atomic mass is 9.74. The molecule has 6 heteroatoms. The second-order valence-electron chi connectivity index (χ2n) is 6.97. The van der Waals surface area contributed by atoms with E-state index in [2.05, 4.69) is 20.8 Å². The molecule has 2 aromatic heterocycles. The summed E-state index contributed by atoms with van der Waals surface area (Å²) in [5.41, 5.74) is 9.65. The van der Waals surface area contributed by atoms with Crippen LogP contribution in [-0.4, -0.2) is 20.6 Å². The standard InChI is InChI=1S/C21H18N4O2/c22-21(26)19-18(20(27-24-19)13-6-2-1-3-7-13)14-10-15(11-14)25-12-23-16-8-4-5-9-17(16)25/h1-9,12,14-15H,10-11H2,(H2,22,26). The quantitative estimate of drug-likeness (QED) is 0.599. The molecule has 2 N–H and O–H groups in total. The zero-order valence-corrected chi connectivity index (χ0v) is 14.6. The zero-order chi connectivity index (χ0) is 18.4. The minimum absolute atomic E-state index is 0.181. The van der Waals surface area contributed by atoms with Gasteiger partial charge >= 0.3 is 0 Å². The van der Waals surface area contributed by atoms with E-state index in [-0.39, 0.29) is 11.6 Å². The van der Waals surface area contributed by atoms with Crippen molar-refractivity contribution in [2.75, 3.05) is 0 Å². The molecular formula is C21H18N4O2. The molecule has 0 aliphatic heterocycles. The number of fused-ring (bicyclic) bond motifs is 1. The number of para-hydroxylation sites is 2.